The van der Waals surface area contributed by atoms with Gasteiger partial charge in [0.25, 0.3) is 0 Å². The summed E-state index contributed by atoms with van der Waals surface area (Å²) in [6, 6.07) is 24.3. The molecule has 1 amide bonds. The third kappa shape index (κ3) is 9.94. The Bertz CT molecular complexity index is 1390. The number of carbonyl (C=O) groups is 2. The van der Waals surface area contributed by atoms with E-state index < -0.39 is 12.3 Å². The SMILES string of the molecule is O=C(O)CCCCCC(=O)NCc1cccc(-c2cccc(C3OC(CN4CCOCC4)CC(c4ccc(CO)cc4)O3)c2)c1. The van der Waals surface area contributed by atoms with E-state index in [9.17, 15) is 14.7 Å². The summed E-state index contributed by atoms with van der Waals surface area (Å²) in [6.07, 6.45) is 2.57. The molecule has 2 saturated heterocycles. The third-order valence-corrected chi connectivity index (χ3v) is 8.38. The maximum absolute atomic E-state index is 12.3. The number of aliphatic hydroxyl groups excluding tert-OH is 1. The minimum Gasteiger partial charge on any atom is -0.481 e. The molecule has 0 aromatic heterocycles. The fourth-order valence-electron chi connectivity index (χ4n) is 5.86. The maximum Gasteiger partial charge on any atom is 0.303 e. The summed E-state index contributed by atoms with van der Waals surface area (Å²) in [5, 5.41) is 21.2. The van der Waals surface area contributed by atoms with Crippen LogP contribution in [0, 0.1) is 0 Å². The van der Waals surface area contributed by atoms with Gasteiger partial charge in [-0.15, -0.1) is 0 Å². The summed E-state index contributed by atoms with van der Waals surface area (Å²) in [4.78, 5) is 25.4. The second-order valence-corrected chi connectivity index (χ2v) is 11.8. The first-order chi connectivity index (χ1) is 22.0. The van der Waals surface area contributed by atoms with Crippen LogP contribution >= 0.6 is 0 Å². The normalized spacial score (nSPS) is 20.5. The zero-order valence-corrected chi connectivity index (χ0v) is 25.7. The number of rotatable bonds is 14. The second-order valence-electron chi connectivity index (χ2n) is 11.8. The van der Waals surface area contributed by atoms with E-state index in [0.717, 1.165) is 79.1 Å². The smallest absolute Gasteiger partial charge is 0.303 e. The van der Waals surface area contributed by atoms with Gasteiger partial charge in [0.05, 0.1) is 32.0 Å². The Morgan fingerprint density at radius 2 is 1.56 bits per heavy atom. The monoisotopic (exact) mass is 616 g/mol. The Balaban J connectivity index is 1.25. The van der Waals surface area contributed by atoms with Crippen molar-refractivity contribution < 1.29 is 34.0 Å². The van der Waals surface area contributed by atoms with Gasteiger partial charge < -0.3 is 29.7 Å². The number of aliphatic hydroxyl groups is 1. The highest BCUT2D eigenvalue weighted by molar-refractivity contribution is 5.76. The van der Waals surface area contributed by atoms with Gasteiger partial charge in [0, 0.05) is 51.0 Å². The van der Waals surface area contributed by atoms with Gasteiger partial charge in [0.1, 0.15) is 0 Å². The third-order valence-electron chi connectivity index (χ3n) is 8.38. The van der Waals surface area contributed by atoms with Crippen LogP contribution in [0.2, 0.25) is 0 Å². The molecule has 45 heavy (non-hydrogen) atoms. The second kappa shape index (κ2) is 16.6. The highest BCUT2D eigenvalue weighted by Gasteiger charge is 2.33. The molecule has 3 aromatic rings. The van der Waals surface area contributed by atoms with E-state index in [2.05, 4.69) is 34.5 Å². The molecular weight excluding hydrogens is 572 g/mol. The van der Waals surface area contributed by atoms with E-state index in [1.807, 2.05) is 48.5 Å². The van der Waals surface area contributed by atoms with Crippen molar-refractivity contribution in [3.8, 4) is 11.1 Å². The molecule has 240 valence electrons. The molecule has 2 heterocycles. The Morgan fingerprint density at radius 3 is 2.31 bits per heavy atom. The number of nitrogens with zero attached hydrogens (tertiary/aromatic N) is 1. The number of carboxylic acid groups (broad SMARTS) is 1. The van der Waals surface area contributed by atoms with Crippen LogP contribution in [0.4, 0.5) is 0 Å². The van der Waals surface area contributed by atoms with E-state index in [1.165, 1.54) is 0 Å². The fraction of sp³-hybridized carbons (Fsp3) is 0.444. The van der Waals surface area contributed by atoms with Gasteiger partial charge >= 0.3 is 5.97 Å². The molecular formula is C36H44N2O7. The molecule has 3 N–H and O–H groups in total. The van der Waals surface area contributed by atoms with E-state index >= 15 is 0 Å². The van der Waals surface area contributed by atoms with Crippen molar-refractivity contribution in [3.63, 3.8) is 0 Å². The number of benzene rings is 3. The number of aliphatic carboxylic acids is 1. The molecule has 3 atom stereocenters. The Kier molecular flexibility index (Phi) is 12.1. The number of ether oxygens (including phenoxy) is 3. The summed E-state index contributed by atoms with van der Waals surface area (Å²) in [7, 11) is 0. The quantitative estimate of drug-likeness (QED) is 0.207. The molecule has 5 rings (SSSR count). The predicted octanol–water partition coefficient (Wildman–Crippen LogP) is 5.37. The molecule has 0 bridgehead atoms. The lowest BCUT2D eigenvalue weighted by Gasteiger charge is -2.39. The number of carbonyl (C=O) groups excluding carboxylic acids is 1. The number of carboxylic acids is 1. The lowest BCUT2D eigenvalue weighted by Crippen LogP contribution is -2.44. The zero-order valence-electron chi connectivity index (χ0n) is 25.7. The molecule has 2 fully saturated rings. The van der Waals surface area contributed by atoms with Crippen molar-refractivity contribution in [2.45, 2.75) is 70.2 Å². The van der Waals surface area contributed by atoms with Crippen molar-refractivity contribution in [1.29, 1.82) is 0 Å². The van der Waals surface area contributed by atoms with Crippen LogP contribution in [0.3, 0.4) is 0 Å². The number of unbranched alkanes of at least 4 members (excludes halogenated alkanes) is 2. The number of morpholine rings is 1. The van der Waals surface area contributed by atoms with Crippen LogP contribution in [0.15, 0.2) is 72.8 Å². The minimum atomic E-state index is -0.800. The van der Waals surface area contributed by atoms with Crippen LogP contribution in [0.1, 0.15) is 73.2 Å². The highest BCUT2D eigenvalue weighted by atomic mass is 16.7. The van der Waals surface area contributed by atoms with Crippen molar-refractivity contribution >= 4 is 11.9 Å². The van der Waals surface area contributed by atoms with Crippen LogP contribution in [-0.4, -0.2) is 65.9 Å². The zero-order chi connectivity index (χ0) is 31.4. The van der Waals surface area contributed by atoms with Crippen molar-refractivity contribution in [2.75, 3.05) is 32.8 Å². The van der Waals surface area contributed by atoms with Crippen molar-refractivity contribution in [1.82, 2.24) is 10.2 Å². The number of hydrogen-bond donors (Lipinski definition) is 3. The molecule has 3 aromatic carbocycles. The number of nitrogens with one attached hydrogen (secondary N) is 1. The summed E-state index contributed by atoms with van der Waals surface area (Å²) in [5.74, 6) is -0.831. The first-order valence-corrected chi connectivity index (χ1v) is 16.0. The van der Waals surface area contributed by atoms with Crippen molar-refractivity contribution in [2.24, 2.45) is 0 Å². The molecule has 0 saturated carbocycles. The average Bonchev–Trinajstić information content (AvgIpc) is 3.07. The molecule has 3 unspecified atom stereocenters. The minimum absolute atomic E-state index is 0.00768. The van der Waals surface area contributed by atoms with Crippen LogP contribution in [-0.2, 0) is 37.0 Å². The van der Waals surface area contributed by atoms with Crippen LogP contribution in [0.25, 0.3) is 11.1 Å². The van der Waals surface area contributed by atoms with Gasteiger partial charge in [0.2, 0.25) is 5.91 Å². The summed E-state index contributed by atoms with van der Waals surface area (Å²) in [6.45, 7) is 4.49. The van der Waals surface area contributed by atoms with Crippen LogP contribution in [0.5, 0.6) is 0 Å². The van der Waals surface area contributed by atoms with Gasteiger partial charge in [-0.25, -0.2) is 0 Å². The molecule has 2 aliphatic rings. The Morgan fingerprint density at radius 1 is 0.822 bits per heavy atom. The molecule has 0 radical (unpaired) electrons. The van der Waals surface area contributed by atoms with Gasteiger partial charge in [0.15, 0.2) is 6.29 Å². The highest BCUT2D eigenvalue weighted by Crippen LogP contribution is 2.39. The standard InChI is InChI=1S/C36H44N2O7/c39-25-26-12-14-28(15-13-26)33-22-32(24-38-16-18-43-19-17-38)44-36(45-33)31-9-5-8-30(21-31)29-7-4-6-27(20-29)23-37-34(40)10-2-1-3-11-35(41)42/h4-9,12-15,20-21,32-33,36,39H,1-3,10-11,16-19,22-25H2,(H,37,40)(H,41,42). The van der Waals surface area contributed by atoms with E-state index in [-0.39, 0.29) is 31.1 Å². The van der Waals surface area contributed by atoms with Gasteiger partial charge in [-0.2, -0.15) is 0 Å². The molecule has 9 nitrogen and oxygen atoms in total. The van der Waals surface area contributed by atoms with Gasteiger partial charge in [-0.05, 0) is 52.8 Å². The van der Waals surface area contributed by atoms with Crippen LogP contribution < -0.4 is 5.32 Å². The Hall–Kier alpha value is -3.60. The summed E-state index contributed by atoms with van der Waals surface area (Å²) >= 11 is 0. The predicted molar refractivity (Wildman–Crippen MR) is 170 cm³/mol. The average molecular weight is 617 g/mol. The van der Waals surface area contributed by atoms with Gasteiger partial charge in [-0.3, -0.25) is 14.5 Å². The summed E-state index contributed by atoms with van der Waals surface area (Å²) in [5.41, 5.74) is 5.95. The largest absolute Gasteiger partial charge is 0.481 e. The van der Waals surface area contributed by atoms with Crippen molar-refractivity contribution in [3.05, 3.63) is 95.1 Å². The van der Waals surface area contributed by atoms with E-state index in [4.69, 9.17) is 19.3 Å². The fourth-order valence-corrected chi connectivity index (χ4v) is 5.86. The lowest BCUT2D eigenvalue weighted by molar-refractivity contribution is -0.253. The first-order valence-electron chi connectivity index (χ1n) is 16.0. The molecule has 9 heteroatoms. The molecule has 0 spiro atoms. The number of amides is 1. The summed E-state index contributed by atoms with van der Waals surface area (Å²) < 4.78 is 18.7. The first kappa shape index (κ1) is 32.8. The lowest BCUT2D eigenvalue weighted by atomic mass is 9.98. The van der Waals surface area contributed by atoms with Gasteiger partial charge in [-0.1, -0.05) is 67.1 Å². The molecule has 2 aliphatic heterocycles. The van der Waals surface area contributed by atoms with E-state index in [0.29, 0.717) is 25.8 Å². The maximum atomic E-state index is 12.3. The number of hydrogen-bond acceptors (Lipinski definition) is 7. The Labute approximate surface area is 265 Å². The van der Waals surface area contributed by atoms with E-state index in [1.54, 1.807) is 0 Å². The molecule has 0 aliphatic carbocycles. The topological polar surface area (TPSA) is 118 Å².